The quantitative estimate of drug-likeness (QED) is 0.785. The maximum absolute atomic E-state index is 11.5. The Labute approximate surface area is 94.9 Å². The number of nitrogens with one attached hydrogen (secondary N) is 1. The second-order valence-corrected chi connectivity index (χ2v) is 4.30. The number of benzene rings is 1. The van der Waals surface area contributed by atoms with Gasteiger partial charge in [-0.1, -0.05) is 6.07 Å². The molecule has 0 spiro atoms. The fourth-order valence-corrected chi connectivity index (χ4v) is 1.94. The fourth-order valence-electron chi connectivity index (χ4n) is 1.94. The van der Waals surface area contributed by atoms with Crippen LogP contribution in [0.1, 0.15) is 12.5 Å². The van der Waals surface area contributed by atoms with Crippen LogP contribution in [0.15, 0.2) is 18.2 Å². The molecule has 1 amide bonds. The Morgan fingerprint density at radius 1 is 1.56 bits per heavy atom. The number of hydrogen-bond acceptors (Lipinski definition) is 3. The minimum absolute atomic E-state index is 0.0306. The molecule has 0 bridgehead atoms. The highest BCUT2D eigenvalue weighted by atomic mass is 16.3. The van der Waals surface area contributed by atoms with E-state index in [4.69, 9.17) is 0 Å². The number of hydrogen-bond donors (Lipinski definition) is 2. The predicted molar refractivity (Wildman–Crippen MR) is 63.7 cm³/mol. The van der Waals surface area contributed by atoms with E-state index in [0.29, 0.717) is 13.1 Å². The molecule has 1 aliphatic rings. The number of amides is 1. The van der Waals surface area contributed by atoms with Gasteiger partial charge in [0.2, 0.25) is 5.91 Å². The number of β-amino-alcohol motifs (C(OH)–C–C–N with tert-alkyl or cyclic N) is 1. The molecule has 1 aliphatic heterocycles. The minimum atomic E-state index is -0.445. The SMILES string of the molecule is Cc1ccc2c(c1)N(CC(C)O)CC(=O)N2. The highest BCUT2D eigenvalue weighted by Crippen LogP contribution is 2.30. The van der Waals surface area contributed by atoms with Gasteiger partial charge in [0, 0.05) is 6.54 Å². The van der Waals surface area contributed by atoms with E-state index in [1.54, 1.807) is 6.92 Å². The molecule has 0 aromatic heterocycles. The molecule has 0 fully saturated rings. The van der Waals surface area contributed by atoms with Gasteiger partial charge in [-0.2, -0.15) is 0 Å². The van der Waals surface area contributed by atoms with E-state index >= 15 is 0 Å². The molecule has 0 saturated heterocycles. The Hall–Kier alpha value is -1.55. The first-order valence-corrected chi connectivity index (χ1v) is 5.40. The molecular weight excluding hydrogens is 204 g/mol. The number of aliphatic hydroxyl groups is 1. The highest BCUT2D eigenvalue weighted by Gasteiger charge is 2.22. The van der Waals surface area contributed by atoms with Gasteiger partial charge in [-0.25, -0.2) is 0 Å². The van der Waals surface area contributed by atoms with E-state index in [2.05, 4.69) is 5.32 Å². The summed E-state index contributed by atoms with van der Waals surface area (Å²) in [5, 5.41) is 12.2. The molecule has 1 heterocycles. The van der Waals surface area contributed by atoms with E-state index in [9.17, 15) is 9.90 Å². The molecule has 1 unspecified atom stereocenters. The molecule has 1 aromatic carbocycles. The first kappa shape index (κ1) is 11.0. The monoisotopic (exact) mass is 220 g/mol. The Morgan fingerprint density at radius 2 is 2.31 bits per heavy atom. The summed E-state index contributed by atoms with van der Waals surface area (Å²) in [6.45, 7) is 4.52. The maximum atomic E-state index is 11.5. The third-order valence-electron chi connectivity index (χ3n) is 2.59. The average Bonchev–Trinajstić information content (AvgIpc) is 2.18. The van der Waals surface area contributed by atoms with Crippen molar-refractivity contribution in [3.8, 4) is 0 Å². The number of aryl methyl sites for hydroxylation is 1. The molecule has 16 heavy (non-hydrogen) atoms. The van der Waals surface area contributed by atoms with Crippen LogP contribution in [0.5, 0.6) is 0 Å². The summed E-state index contributed by atoms with van der Waals surface area (Å²) in [5.41, 5.74) is 2.95. The topological polar surface area (TPSA) is 52.6 Å². The van der Waals surface area contributed by atoms with Gasteiger partial charge in [-0.05, 0) is 31.5 Å². The molecule has 4 heteroatoms. The smallest absolute Gasteiger partial charge is 0.243 e. The molecule has 0 radical (unpaired) electrons. The summed E-state index contributed by atoms with van der Waals surface area (Å²) in [7, 11) is 0. The zero-order valence-corrected chi connectivity index (χ0v) is 9.53. The van der Waals surface area contributed by atoms with Crippen molar-refractivity contribution in [2.45, 2.75) is 20.0 Å². The van der Waals surface area contributed by atoms with Crippen molar-refractivity contribution < 1.29 is 9.90 Å². The number of carbonyl (C=O) groups is 1. The predicted octanol–water partition coefficient (Wildman–Crippen LogP) is 1.13. The van der Waals surface area contributed by atoms with Crippen molar-refractivity contribution in [2.24, 2.45) is 0 Å². The van der Waals surface area contributed by atoms with Gasteiger partial charge in [0.15, 0.2) is 0 Å². The Kier molecular flexibility index (Phi) is 2.83. The zero-order valence-electron chi connectivity index (χ0n) is 9.53. The van der Waals surface area contributed by atoms with E-state index < -0.39 is 6.10 Å². The van der Waals surface area contributed by atoms with Crippen LogP contribution in [-0.2, 0) is 4.79 Å². The third kappa shape index (κ3) is 2.17. The molecule has 1 atom stereocenters. The van der Waals surface area contributed by atoms with Crippen molar-refractivity contribution >= 4 is 17.3 Å². The number of rotatable bonds is 2. The van der Waals surface area contributed by atoms with Gasteiger partial charge < -0.3 is 15.3 Å². The van der Waals surface area contributed by atoms with Crippen molar-refractivity contribution in [1.29, 1.82) is 0 Å². The van der Waals surface area contributed by atoms with E-state index in [1.807, 2.05) is 30.0 Å². The van der Waals surface area contributed by atoms with Crippen LogP contribution in [0, 0.1) is 6.92 Å². The standard InChI is InChI=1S/C12H16N2O2/c1-8-3-4-10-11(5-8)14(6-9(2)15)7-12(16)13-10/h3-5,9,15H,6-7H2,1-2H3,(H,13,16). The van der Waals surface area contributed by atoms with Gasteiger partial charge in [0.25, 0.3) is 0 Å². The first-order chi connectivity index (χ1) is 7.56. The number of nitrogens with zero attached hydrogens (tertiary/aromatic N) is 1. The van der Waals surface area contributed by atoms with Crippen molar-refractivity contribution in [3.05, 3.63) is 23.8 Å². The van der Waals surface area contributed by atoms with Gasteiger partial charge in [0.05, 0.1) is 24.0 Å². The number of anilines is 2. The molecule has 86 valence electrons. The summed E-state index contributed by atoms with van der Waals surface area (Å²) in [4.78, 5) is 13.4. The zero-order chi connectivity index (χ0) is 11.7. The largest absolute Gasteiger partial charge is 0.392 e. The van der Waals surface area contributed by atoms with Gasteiger partial charge in [0.1, 0.15) is 0 Å². The lowest BCUT2D eigenvalue weighted by atomic mass is 10.1. The van der Waals surface area contributed by atoms with Gasteiger partial charge in [-0.15, -0.1) is 0 Å². The van der Waals surface area contributed by atoms with Crippen LogP contribution >= 0.6 is 0 Å². The number of fused-ring (bicyclic) bond motifs is 1. The van der Waals surface area contributed by atoms with Crippen LogP contribution in [0.25, 0.3) is 0 Å². The molecule has 4 nitrogen and oxygen atoms in total. The molecule has 2 N–H and O–H groups in total. The minimum Gasteiger partial charge on any atom is -0.392 e. The van der Waals surface area contributed by atoms with Crippen LogP contribution in [0.4, 0.5) is 11.4 Å². The van der Waals surface area contributed by atoms with E-state index in [1.165, 1.54) is 0 Å². The Morgan fingerprint density at radius 3 is 3.00 bits per heavy atom. The lowest BCUT2D eigenvalue weighted by Crippen LogP contribution is -2.41. The summed E-state index contributed by atoms with van der Waals surface area (Å²) < 4.78 is 0. The second-order valence-electron chi connectivity index (χ2n) is 4.30. The van der Waals surface area contributed by atoms with Crippen LogP contribution in [-0.4, -0.2) is 30.2 Å². The average molecular weight is 220 g/mol. The molecule has 0 aliphatic carbocycles. The van der Waals surface area contributed by atoms with Crippen LogP contribution < -0.4 is 10.2 Å². The summed E-state index contributed by atoms with van der Waals surface area (Å²) in [5.74, 6) is -0.0306. The maximum Gasteiger partial charge on any atom is 0.243 e. The molecule has 1 aromatic rings. The normalized spacial score (nSPS) is 16.7. The highest BCUT2D eigenvalue weighted by molar-refractivity contribution is 6.01. The van der Waals surface area contributed by atoms with Crippen LogP contribution in [0.2, 0.25) is 0 Å². The van der Waals surface area contributed by atoms with Crippen molar-refractivity contribution in [2.75, 3.05) is 23.3 Å². The summed E-state index contributed by atoms with van der Waals surface area (Å²) >= 11 is 0. The van der Waals surface area contributed by atoms with Crippen LogP contribution in [0.3, 0.4) is 0 Å². The molecule has 0 saturated carbocycles. The lowest BCUT2D eigenvalue weighted by Gasteiger charge is -2.32. The lowest BCUT2D eigenvalue weighted by molar-refractivity contribution is -0.115. The Balaban J connectivity index is 2.35. The second kappa shape index (κ2) is 4.14. The fraction of sp³-hybridized carbons (Fsp3) is 0.417. The van der Waals surface area contributed by atoms with E-state index in [-0.39, 0.29) is 5.91 Å². The molecule has 2 rings (SSSR count). The van der Waals surface area contributed by atoms with Crippen molar-refractivity contribution in [3.63, 3.8) is 0 Å². The summed E-state index contributed by atoms with van der Waals surface area (Å²) in [6.07, 6.45) is -0.445. The number of aliphatic hydroxyl groups excluding tert-OH is 1. The Bertz CT molecular complexity index is 415. The van der Waals surface area contributed by atoms with Gasteiger partial charge in [-0.3, -0.25) is 4.79 Å². The van der Waals surface area contributed by atoms with E-state index in [0.717, 1.165) is 16.9 Å². The molecular formula is C12H16N2O2. The first-order valence-electron chi connectivity index (χ1n) is 5.40. The van der Waals surface area contributed by atoms with Crippen molar-refractivity contribution in [1.82, 2.24) is 0 Å². The summed E-state index contributed by atoms with van der Waals surface area (Å²) in [6, 6.07) is 5.89. The van der Waals surface area contributed by atoms with Gasteiger partial charge >= 0.3 is 0 Å². The number of carbonyl (C=O) groups excluding carboxylic acids is 1. The third-order valence-corrected chi connectivity index (χ3v) is 2.59.